The first-order valence-electron chi connectivity index (χ1n) is 10.9. The van der Waals surface area contributed by atoms with Gasteiger partial charge in [0.05, 0.1) is 36.5 Å². The van der Waals surface area contributed by atoms with E-state index in [0.29, 0.717) is 36.7 Å². The molecule has 0 spiro atoms. The van der Waals surface area contributed by atoms with Gasteiger partial charge in [-0.25, -0.2) is 9.18 Å². The molecule has 2 aromatic heterocycles. The zero-order valence-corrected chi connectivity index (χ0v) is 18.7. The van der Waals surface area contributed by atoms with Crippen molar-refractivity contribution in [3.8, 4) is 6.07 Å². The SMILES string of the molecule is CC1Cc2nn3c(c2CN1C(=O)Nc1ccc(F)c(C#N)c1)C(=O)N(C)CC(c1ccno1)C3. The Morgan fingerprint density at radius 3 is 2.88 bits per heavy atom. The van der Waals surface area contributed by atoms with Crippen molar-refractivity contribution < 1.29 is 18.5 Å². The van der Waals surface area contributed by atoms with Crippen molar-refractivity contribution in [2.45, 2.75) is 38.4 Å². The van der Waals surface area contributed by atoms with E-state index in [2.05, 4.69) is 10.5 Å². The Morgan fingerprint density at radius 1 is 1.32 bits per heavy atom. The average Bonchev–Trinajstić information content (AvgIpc) is 3.44. The van der Waals surface area contributed by atoms with E-state index in [1.54, 1.807) is 39.9 Å². The summed E-state index contributed by atoms with van der Waals surface area (Å²) in [6.45, 7) is 3.03. The van der Waals surface area contributed by atoms with E-state index in [0.717, 1.165) is 17.3 Å². The molecule has 0 radical (unpaired) electrons. The van der Waals surface area contributed by atoms with Gasteiger partial charge in [0, 0.05) is 43.4 Å². The number of hydrogen-bond acceptors (Lipinski definition) is 6. The number of aromatic nitrogens is 3. The van der Waals surface area contributed by atoms with Crippen LogP contribution in [0.5, 0.6) is 0 Å². The Balaban J connectivity index is 1.43. The number of rotatable bonds is 2. The summed E-state index contributed by atoms with van der Waals surface area (Å²) >= 11 is 0. The molecule has 11 heteroatoms. The lowest BCUT2D eigenvalue weighted by atomic mass is 9.99. The molecule has 174 valence electrons. The lowest BCUT2D eigenvalue weighted by Crippen LogP contribution is -2.45. The fourth-order valence-corrected chi connectivity index (χ4v) is 4.60. The van der Waals surface area contributed by atoms with Crippen molar-refractivity contribution in [2.75, 3.05) is 18.9 Å². The number of nitriles is 1. The predicted molar refractivity (Wildman–Crippen MR) is 117 cm³/mol. The molecule has 3 amide bonds. The second-order valence-electron chi connectivity index (χ2n) is 8.67. The number of hydrogen-bond donors (Lipinski definition) is 1. The molecule has 34 heavy (non-hydrogen) atoms. The predicted octanol–water partition coefficient (Wildman–Crippen LogP) is 2.73. The number of anilines is 1. The van der Waals surface area contributed by atoms with Gasteiger partial charge in [0.15, 0.2) is 0 Å². The first-order valence-corrected chi connectivity index (χ1v) is 10.9. The van der Waals surface area contributed by atoms with Crippen molar-refractivity contribution in [2.24, 2.45) is 0 Å². The minimum Gasteiger partial charge on any atom is -0.361 e. The van der Waals surface area contributed by atoms with Crippen LogP contribution in [0.3, 0.4) is 0 Å². The van der Waals surface area contributed by atoms with Crippen LogP contribution in [-0.2, 0) is 19.5 Å². The van der Waals surface area contributed by atoms with Crippen LogP contribution in [0.4, 0.5) is 14.9 Å². The number of amides is 3. The molecule has 2 aliphatic heterocycles. The summed E-state index contributed by atoms with van der Waals surface area (Å²) in [5, 5.41) is 20.3. The molecule has 0 fully saturated rings. The summed E-state index contributed by atoms with van der Waals surface area (Å²) in [6, 6.07) is 6.82. The number of carbonyl (C=O) groups excluding carboxylic acids is 2. The van der Waals surface area contributed by atoms with Crippen LogP contribution in [0, 0.1) is 17.1 Å². The van der Waals surface area contributed by atoms with Crippen LogP contribution in [0.15, 0.2) is 35.0 Å². The van der Waals surface area contributed by atoms with Crippen LogP contribution in [0.1, 0.15) is 45.9 Å². The Kier molecular flexibility index (Phi) is 5.28. The molecular weight excluding hydrogens is 441 g/mol. The van der Waals surface area contributed by atoms with Crippen molar-refractivity contribution >= 4 is 17.6 Å². The molecular formula is C23H22FN7O3. The van der Waals surface area contributed by atoms with Gasteiger partial charge in [-0.2, -0.15) is 10.4 Å². The van der Waals surface area contributed by atoms with E-state index in [1.807, 2.05) is 6.92 Å². The standard InChI is InChI=1S/C23H22FN7O3/c1-13-7-19-17(12-30(13)23(33)27-16-3-4-18(24)14(8-16)9-25)21-22(32)29(2)10-15(11-31(21)28-19)20-5-6-26-34-20/h3-6,8,13,15H,7,10-12H2,1-2H3,(H,27,33). The van der Waals surface area contributed by atoms with Gasteiger partial charge in [0.25, 0.3) is 5.91 Å². The van der Waals surface area contributed by atoms with Crippen molar-refractivity contribution in [3.05, 3.63) is 64.6 Å². The Labute approximate surface area is 194 Å². The minimum absolute atomic E-state index is 0.0938. The molecule has 0 saturated heterocycles. The summed E-state index contributed by atoms with van der Waals surface area (Å²) in [5.41, 5.74) is 2.15. The van der Waals surface area contributed by atoms with Crippen LogP contribution >= 0.6 is 0 Å². The molecule has 5 rings (SSSR count). The van der Waals surface area contributed by atoms with Crippen LogP contribution in [-0.4, -0.2) is 56.3 Å². The highest BCUT2D eigenvalue weighted by Crippen LogP contribution is 2.31. The minimum atomic E-state index is -0.648. The fourth-order valence-electron chi connectivity index (χ4n) is 4.60. The van der Waals surface area contributed by atoms with Gasteiger partial charge < -0.3 is 19.6 Å². The average molecular weight is 463 g/mol. The molecule has 2 unspecified atom stereocenters. The number of halogens is 1. The van der Waals surface area contributed by atoms with Gasteiger partial charge in [-0.1, -0.05) is 5.16 Å². The molecule has 1 N–H and O–H groups in total. The molecule has 3 aromatic rings. The zero-order valence-electron chi connectivity index (χ0n) is 18.7. The number of benzene rings is 1. The third kappa shape index (κ3) is 3.67. The number of nitrogens with zero attached hydrogens (tertiary/aromatic N) is 6. The highest BCUT2D eigenvalue weighted by Gasteiger charge is 2.37. The van der Waals surface area contributed by atoms with Gasteiger partial charge in [0.2, 0.25) is 0 Å². The van der Waals surface area contributed by atoms with Gasteiger partial charge >= 0.3 is 6.03 Å². The smallest absolute Gasteiger partial charge is 0.322 e. The maximum absolute atomic E-state index is 13.6. The highest BCUT2D eigenvalue weighted by molar-refractivity contribution is 5.95. The highest BCUT2D eigenvalue weighted by atomic mass is 19.1. The number of likely N-dealkylation sites (N-methyl/N-ethyl adjacent to an activating group) is 1. The molecule has 4 heterocycles. The molecule has 2 aliphatic rings. The summed E-state index contributed by atoms with van der Waals surface area (Å²) in [7, 11) is 1.73. The Bertz CT molecular complexity index is 1310. The molecule has 10 nitrogen and oxygen atoms in total. The molecule has 1 aromatic carbocycles. The fraction of sp³-hybridized carbons (Fsp3) is 0.348. The molecule has 2 atom stereocenters. The normalized spacial score (nSPS) is 19.8. The molecule has 0 aliphatic carbocycles. The summed E-state index contributed by atoms with van der Waals surface area (Å²) in [4.78, 5) is 29.6. The first-order chi connectivity index (χ1) is 16.4. The van der Waals surface area contributed by atoms with Crippen molar-refractivity contribution in [1.82, 2.24) is 24.7 Å². The summed E-state index contributed by atoms with van der Waals surface area (Å²) in [5.74, 6) is -0.219. The van der Waals surface area contributed by atoms with E-state index in [1.165, 1.54) is 12.1 Å². The summed E-state index contributed by atoms with van der Waals surface area (Å²) in [6.07, 6.45) is 2.06. The van der Waals surface area contributed by atoms with Crippen LogP contribution in [0.2, 0.25) is 0 Å². The lowest BCUT2D eigenvalue weighted by molar-refractivity contribution is 0.0785. The van der Waals surface area contributed by atoms with Crippen LogP contribution < -0.4 is 5.32 Å². The number of urea groups is 1. The van der Waals surface area contributed by atoms with E-state index in [9.17, 15) is 14.0 Å². The Hall–Kier alpha value is -4.20. The van der Waals surface area contributed by atoms with Gasteiger partial charge in [0.1, 0.15) is 23.3 Å². The lowest BCUT2D eigenvalue weighted by Gasteiger charge is -2.33. The Morgan fingerprint density at radius 2 is 2.15 bits per heavy atom. The van der Waals surface area contributed by atoms with E-state index in [4.69, 9.17) is 14.9 Å². The third-order valence-corrected chi connectivity index (χ3v) is 6.38. The van der Waals surface area contributed by atoms with E-state index in [-0.39, 0.29) is 30.0 Å². The number of carbonyl (C=O) groups is 2. The van der Waals surface area contributed by atoms with E-state index < -0.39 is 11.8 Å². The largest absolute Gasteiger partial charge is 0.361 e. The number of fused-ring (bicyclic) bond motifs is 3. The van der Waals surface area contributed by atoms with Crippen molar-refractivity contribution in [3.63, 3.8) is 0 Å². The second kappa shape index (κ2) is 8.30. The van der Waals surface area contributed by atoms with E-state index >= 15 is 0 Å². The maximum Gasteiger partial charge on any atom is 0.322 e. The first kappa shape index (κ1) is 21.6. The maximum atomic E-state index is 13.6. The molecule has 0 bridgehead atoms. The third-order valence-electron chi connectivity index (χ3n) is 6.38. The zero-order chi connectivity index (χ0) is 24.0. The van der Waals surface area contributed by atoms with Gasteiger partial charge in [-0.15, -0.1) is 0 Å². The molecule has 0 saturated carbocycles. The van der Waals surface area contributed by atoms with Gasteiger partial charge in [-0.3, -0.25) is 9.48 Å². The number of nitrogens with one attached hydrogen (secondary N) is 1. The summed E-state index contributed by atoms with van der Waals surface area (Å²) < 4.78 is 20.7. The monoisotopic (exact) mass is 463 g/mol. The topological polar surface area (TPSA) is 120 Å². The quantitative estimate of drug-likeness (QED) is 0.624. The van der Waals surface area contributed by atoms with Crippen molar-refractivity contribution in [1.29, 1.82) is 5.26 Å². The van der Waals surface area contributed by atoms with Gasteiger partial charge in [-0.05, 0) is 25.1 Å². The van der Waals surface area contributed by atoms with Crippen LogP contribution in [0.25, 0.3) is 0 Å². The second-order valence-corrected chi connectivity index (χ2v) is 8.67.